The first-order valence-electron chi connectivity index (χ1n) is 10.3. The average molecular weight is 426 g/mol. The Morgan fingerprint density at radius 2 is 1.76 bits per heavy atom. The molecule has 1 aromatic carbocycles. The SMILES string of the molecule is CCCc1ccc(S(=O)(=O)N2CC[NH+](CC(=O)N[C@H](C)C(=O)NCC)CC2)cc1. The number of benzene rings is 1. The lowest BCUT2D eigenvalue weighted by Gasteiger charge is -2.31. The number of likely N-dealkylation sites (N-methyl/N-ethyl adjacent to an activating group) is 1. The number of sulfonamides is 1. The van der Waals surface area contributed by atoms with Gasteiger partial charge in [0.1, 0.15) is 6.04 Å². The molecule has 1 fully saturated rings. The highest BCUT2D eigenvalue weighted by molar-refractivity contribution is 7.89. The Kier molecular flexibility index (Phi) is 8.60. The van der Waals surface area contributed by atoms with Crippen LogP contribution in [0.2, 0.25) is 0 Å². The van der Waals surface area contributed by atoms with Crippen molar-refractivity contribution >= 4 is 21.8 Å². The Hall–Kier alpha value is -1.97. The van der Waals surface area contributed by atoms with Crippen molar-refractivity contribution in [2.45, 2.75) is 44.6 Å². The number of hydrogen-bond donors (Lipinski definition) is 3. The zero-order valence-corrected chi connectivity index (χ0v) is 18.3. The quantitative estimate of drug-likeness (QED) is 0.481. The molecule has 0 radical (unpaired) electrons. The third-order valence-corrected chi connectivity index (χ3v) is 6.97. The normalized spacial score (nSPS) is 16.9. The summed E-state index contributed by atoms with van der Waals surface area (Å²) in [6, 6.07) is 6.51. The standard InChI is InChI=1S/C20H32N4O4S/c1-4-6-17-7-9-18(10-8-17)29(27,28)24-13-11-23(12-14-24)15-19(25)22-16(3)20(26)21-5-2/h7-10,16H,4-6,11-15H2,1-3H3,(H,21,26)(H,22,25)/p+1/t16-/m1/s1. The molecular weight excluding hydrogens is 392 g/mol. The van der Waals surface area contributed by atoms with Gasteiger partial charge >= 0.3 is 0 Å². The van der Waals surface area contributed by atoms with Crippen LogP contribution in [0.1, 0.15) is 32.8 Å². The summed E-state index contributed by atoms with van der Waals surface area (Å²) in [4.78, 5) is 25.2. The first-order valence-corrected chi connectivity index (χ1v) is 11.7. The van der Waals surface area contributed by atoms with Gasteiger partial charge in [0.05, 0.1) is 31.1 Å². The van der Waals surface area contributed by atoms with E-state index in [1.165, 1.54) is 4.31 Å². The van der Waals surface area contributed by atoms with E-state index in [0.717, 1.165) is 23.3 Å². The van der Waals surface area contributed by atoms with Crippen molar-refractivity contribution < 1.29 is 22.9 Å². The van der Waals surface area contributed by atoms with Gasteiger partial charge in [0.25, 0.3) is 5.91 Å². The second kappa shape index (κ2) is 10.7. The molecule has 0 unspecified atom stereocenters. The van der Waals surface area contributed by atoms with Crippen molar-refractivity contribution in [2.24, 2.45) is 0 Å². The van der Waals surface area contributed by atoms with Crippen LogP contribution in [0.3, 0.4) is 0 Å². The van der Waals surface area contributed by atoms with Crippen molar-refractivity contribution in [1.82, 2.24) is 14.9 Å². The highest BCUT2D eigenvalue weighted by Crippen LogP contribution is 2.17. The number of nitrogens with zero attached hydrogens (tertiary/aromatic N) is 1. The molecule has 0 aromatic heterocycles. The molecule has 1 atom stereocenters. The summed E-state index contributed by atoms with van der Waals surface area (Å²) < 4.78 is 27.2. The highest BCUT2D eigenvalue weighted by Gasteiger charge is 2.31. The van der Waals surface area contributed by atoms with Crippen LogP contribution in [0.25, 0.3) is 0 Å². The number of carbonyl (C=O) groups is 2. The van der Waals surface area contributed by atoms with Crippen LogP contribution in [0, 0.1) is 0 Å². The van der Waals surface area contributed by atoms with E-state index in [9.17, 15) is 18.0 Å². The van der Waals surface area contributed by atoms with Gasteiger partial charge in [-0.2, -0.15) is 4.31 Å². The minimum absolute atomic E-state index is 0.207. The molecule has 162 valence electrons. The van der Waals surface area contributed by atoms with Gasteiger partial charge in [-0.05, 0) is 38.0 Å². The maximum Gasteiger partial charge on any atom is 0.275 e. The smallest absolute Gasteiger partial charge is 0.275 e. The van der Waals surface area contributed by atoms with Crippen LogP contribution >= 0.6 is 0 Å². The number of aryl methyl sites for hydroxylation is 1. The number of amides is 2. The number of rotatable bonds is 9. The fourth-order valence-electron chi connectivity index (χ4n) is 3.40. The summed E-state index contributed by atoms with van der Waals surface area (Å²) >= 11 is 0. The Bertz CT molecular complexity index is 787. The van der Waals surface area contributed by atoms with Gasteiger partial charge in [0.15, 0.2) is 6.54 Å². The predicted molar refractivity (Wildman–Crippen MR) is 111 cm³/mol. The summed E-state index contributed by atoms with van der Waals surface area (Å²) in [6.45, 7) is 8.14. The molecule has 1 aliphatic rings. The van der Waals surface area contributed by atoms with Gasteiger partial charge in [-0.1, -0.05) is 25.5 Å². The first-order chi connectivity index (χ1) is 13.8. The Morgan fingerprint density at radius 3 is 2.31 bits per heavy atom. The van der Waals surface area contributed by atoms with E-state index in [4.69, 9.17) is 0 Å². The van der Waals surface area contributed by atoms with Crippen LogP contribution in [0.15, 0.2) is 29.2 Å². The number of nitrogens with one attached hydrogen (secondary N) is 3. The van der Waals surface area contributed by atoms with Crippen LogP contribution in [-0.4, -0.2) is 69.8 Å². The largest absolute Gasteiger partial charge is 0.355 e. The molecular formula is C20H33N4O4S+. The zero-order chi connectivity index (χ0) is 21.4. The number of hydrogen-bond acceptors (Lipinski definition) is 4. The summed E-state index contributed by atoms with van der Waals surface area (Å²) in [5.41, 5.74) is 1.13. The molecule has 1 aromatic rings. The van der Waals surface area contributed by atoms with E-state index in [2.05, 4.69) is 17.6 Å². The van der Waals surface area contributed by atoms with Gasteiger partial charge in [0, 0.05) is 6.54 Å². The lowest BCUT2D eigenvalue weighted by molar-refractivity contribution is -0.895. The van der Waals surface area contributed by atoms with Crippen LogP contribution in [0.5, 0.6) is 0 Å². The van der Waals surface area contributed by atoms with E-state index >= 15 is 0 Å². The molecule has 1 aliphatic heterocycles. The fraction of sp³-hybridized carbons (Fsp3) is 0.600. The van der Waals surface area contributed by atoms with Crippen molar-refractivity contribution in [3.8, 4) is 0 Å². The molecule has 0 saturated carbocycles. The molecule has 0 aliphatic carbocycles. The molecule has 3 N–H and O–H groups in total. The topological polar surface area (TPSA) is 100 Å². The summed E-state index contributed by atoms with van der Waals surface area (Å²) in [7, 11) is -3.52. The maximum atomic E-state index is 12.9. The number of quaternary nitrogens is 1. The summed E-state index contributed by atoms with van der Waals surface area (Å²) in [5.74, 6) is -0.418. The molecule has 1 saturated heterocycles. The molecule has 2 amide bonds. The van der Waals surface area contributed by atoms with Crippen LogP contribution < -0.4 is 15.5 Å². The molecule has 9 heteroatoms. The summed E-state index contributed by atoms with van der Waals surface area (Å²) in [5, 5.41) is 5.36. The lowest BCUT2D eigenvalue weighted by Crippen LogP contribution is -3.15. The minimum atomic E-state index is -3.52. The third-order valence-electron chi connectivity index (χ3n) is 5.06. The Morgan fingerprint density at radius 1 is 1.14 bits per heavy atom. The fourth-order valence-corrected chi connectivity index (χ4v) is 4.84. The van der Waals surface area contributed by atoms with Crippen molar-refractivity contribution in [3.05, 3.63) is 29.8 Å². The number of carbonyl (C=O) groups excluding carboxylic acids is 2. The Labute approximate surface area is 173 Å². The predicted octanol–water partition coefficient (Wildman–Crippen LogP) is -0.831. The van der Waals surface area contributed by atoms with Gasteiger partial charge in [-0.15, -0.1) is 0 Å². The highest BCUT2D eigenvalue weighted by atomic mass is 32.2. The van der Waals surface area contributed by atoms with E-state index < -0.39 is 16.1 Å². The summed E-state index contributed by atoms with van der Waals surface area (Å²) in [6.07, 6.45) is 1.95. The van der Waals surface area contributed by atoms with Crippen LogP contribution in [0.4, 0.5) is 0 Å². The number of piperazine rings is 1. The molecule has 8 nitrogen and oxygen atoms in total. The van der Waals surface area contributed by atoms with Crippen molar-refractivity contribution in [1.29, 1.82) is 0 Å². The van der Waals surface area contributed by atoms with Gasteiger partial charge in [0.2, 0.25) is 15.9 Å². The van der Waals surface area contributed by atoms with Crippen molar-refractivity contribution in [2.75, 3.05) is 39.3 Å². The Balaban J connectivity index is 1.86. The average Bonchev–Trinajstić information content (AvgIpc) is 2.69. The van der Waals surface area contributed by atoms with Gasteiger partial charge in [-0.25, -0.2) is 8.42 Å². The minimum Gasteiger partial charge on any atom is -0.355 e. The monoisotopic (exact) mass is 425 g/mol. The molecule has 29 heavy (non-hydrogen) atoms. The van der Waals surface area contributed by atoms with Crippen molar-refractivity contribution in [3.63, 3.8) is 0 Å². The van der Waals surface area contributed by atoms with E-state index in [-0.39, 0.29) is 18.4 Å². The third kappa shape index (κ3) is 6.52. The first kappa shape index (κ1) is 23.3. The van der Waals surface area contributed by atoms with E-state index in [1.807, 2.05) is 19.1 Å². The van der Waals surface area contributed by atoms with Gasteiger partial charge < -0.3 is 15.5 Å². The molecule has 0 spiro atoms. The van der Waals surface area contributed by atoms with E-state index in [1.54, 1.807) is 19.1 Å². The van der Waals surface area contributed by atoms with Gasteiger partial charge in [-0.3, -0.25) is 9.59 Å². The zero-order valence-electron chi connectivity index (χ0n) is 17.5. The second-order valence-corrected chi connectivity index (χ2v) is 9.35. The van der Waals surface area contributed by atoms with E-state index in [0.29, 0.717) is 37.6 Å². The molecule has 2 rings (SSSR count). The maximum absolute atomic E-state index is 12.9. The molecule has 1 heterocycles. The van der Waals surface area contributed by atoms with Crippen LogP contribution in [-0.2, 0) is 26.0 Å². The lowest BCUT2D eigenvalue weighted by atomic mass is 10.1. The second-order valence-electron chi connectivity index (χ2n) is 7.41. The molecule has 0 bridgehead atoms.